The topological polar surface area (TPSA) is 125 Å². The highest BCUT2D eigenvalue weighted by Crippen LogP contribution is 2.24. The summed E-state index contributed by atoms with van der Waals surface area (Å²) in [4.78, 5) is 34.6. The number of carbonyl (C=O) groups is 3. The minimum absolute atomic E-state index is 0.179. The molecule has 8 nitrogen and oxygen atoms in total. The Kier molecular flexibility index (Phi) is 3.89. The van der Waals surface area contributed by atoms with Gasteiger partial charge in [0.1, 0.15) is 5.54 Å². The summed E-state index contributed by atoms with van der Waals surface area (Å²) in [6.45, 7) is 1.49. The molecule has 118 valence electrons. The Bertz CT molecular complexity index is 651. The van der Waals surface area contributed by atoms with Crippen LogP contribution in [0.5, 0.6) is 5.75 Å². The van der Waals surface area contributed by atoms with Gasteiger partial charge >= 0.3 is 12.1 Å². The van der Waals surface area contributed by atoms with E-state index in [1.54, 1.807) is 0 Å². The first-order valence-corrected chi connectivity index (χ1v) is 6.43. The molecule has 0 spiro atoms. The zero-order valence-electron chi connectivity index (χ0n) is 11.7. The number of imide groups is 1. The number of aryl methyl sites for hydroxylation is 1. The SMILES string of the molecule is CC1(CCc2ccc(O)c(F)c2)NC(=O)N(NC(N)=O)C1=O. The summed E-state index contributed by atoms with van der Waals surface area (Å²) in [5.74, 6) is -1.88. The summed E-state index contributed by atoms with van der Waals surface area (Å²) in [5.41, 5.74) is 6.13. The van der Waals surface area contributed by atoms with Crippen molar-refractivity contribution in [2.24, 2.45) is 5.73 Å². The predicted molar refractivity (Wildman–Crippen MR) is 72.9 cm³/mol. The third-order valence-corrected chi connectivity index (χ3v) is 3.41. The van der Waals surface area contributed by atoms with Gasteiger partial charge in [0, 0.05) is 0 Å². The van der Waals surface area contributed by atoms with Gasteiger partial charge in [-0.05, 0) is 37.5 Å². The van der Waals surface area contributed by atoms with Crippen LogP contribution in [0.4, 0.5) is 14.0 Å². The Morgan fingerprint density at radius 1 is 1.50 bits per heavy atom. The number of nitrogens with two attached hydrogens (primary N) is 1. The van der Waals surface area contributed by atoms with Crippen molar-refractivity contribution in [1.82, 2.24) is 15.8 Å². The monoisotopic (exact) mass is 310 g/mol. The van der Waals surface area contributed by atoms with E-state index in [9.17, 15) is 18.8 Å². The van der Waals surface area contributed by atoms with Gasteiger partial charge < -0.3 is 16.2 Å². The average molecular weight is 310 g/mol. The van der Waals surface area contributed by atoms with Crippen LogP contribution in [0.2, 0.25) is 0 Å². The van der Waals surface area contributed by atoms with Crippen LogP contribution in [0.25, 0.3) is 0 Å². The van der Waals surface area contributed by atoms with Crippen molar-refractivity contribution >= 4 is 18.0 Å². The molecule has 1 saturated heterocycles. The number of primary amides is 1. The molecule has 9 heteroatoms. The lowest BCUT2D eigenvalue weighted by Gasteiger charge is -2.21. The number of hydrogen-bond donors (Lipinski definition) is 4. The summed E-state index contributed by atoms with van der Waals surface area (Å²) in [5, 5.41) is 12.1. The maximum Gasteiger partial charge on any atom is 0.344 e. The minimum atomic E-state index is -1.24. The smallest absolute Gasteiger partial charge is 0.344 e. The van der Waals surface area contributed by atoms with Gasteiger partial charge in [0.05, 0.1) is 0 Å². The number of urea groups is 2. The lowest BCUT2D eigenvalue weighted by atomic mass is 9.93. The fourth-order valence-corrected chi connectivity index (χ4v) is 2.17. The summed E-state index contributed by atoms with van der Waals surface area (Å²) in [6.07, 6.45) is 0.461. The van der Waals surface area contributed by atoms with Gasteiger partial charge in [0.2, 0.25) is 0 Å². The molecule has 1 unspecified atom stereocenters. The van der Waals surface area contributed by atoms with Crippen molar-refractivity contribution in [2.45, 2.75) is 25.3 Å². The quantitative estimate of drug-likeness (QED) is 0.599. The predicted octanol–water partition coefficient (Wildman–Crippen LogP) is 0.358. The number of rotatable bonds is 4. The van der Waals surface area contributed by atoms with Gasteiger partial charge in [-0.15, -0.1) is 0 Å². The summed E-state index contributed by atoms with van der Waals surface area (Å²) in [7, 11) is 0. The van der Waals surface area contributed by atoms with E-state index in [4.69, 9.17) is 10.8 Å². The Hall–Kier alpha value is -2.84. The van der Waals surface area contributed by atoms with Crippen molar-refractivity contribution < 1.29 is 23.9 Å². The highest BCUT2D eigenvalue weighted by atomic mass is 19.1. The molecule has 0 aliphatic carbocycles. The summed E-state index contributed by atoms with van der Waals surface area (Å²) < 4.78 is 13.3. The molecule has 0 saturated carbocycles. The average Bonchev–Trinajstić information content (AvgIpc) is 2.64. The molecular weight excluding hydrogens is 295 g/mol. The molecular formula is C13H15FN4O4. The van der Waals surface area contributed by atoms with E-state index in [1.807, 2.05) is 5.43 Å². The molecule has 5 amide bonds. The molecule has 0 bridgehead atoms. The van der Waals surface area contributed by atoms with Gasteiger partial charge in [0.15, 0.2) is 11.6 Å². The number of aromatic hydroxyl groups is 1. The molecule has 1 aromatic rings. The van der Waals surface area contributed by atoms with Crippen LogP contribution in [0, 0.1) is 5.82 Å². The minimum Gasteiger partial charge on any atom is -0.505 e. The van der Waals surface area contributed by atoms with E-state index in [2.05, 4.69) is 5.32 Å². The number of hydrogen-bond acceptors (Lipinski definition) is 4. The number of nitrogens with zero attached hydrogens (tertiary/aromatic N) is 1. The summed E-state index contributed by atoms with van der Waals surface area (Å²) in [6, 6.07) is 2.06. The Morgan fingerprint density at radius 3 is 2.77 bits per heavy atom. The van der Waals surface area contributed by atoms with Crippen LogP contribution in [0.15, 0.2) is 18.2 Å². The standard InChI is InChI=1S/C13H15FN4O4/c1-13(5-4-7-2-3-9(19)8(14)6-7)10(20)18(12(22)16-13)17-11(15)21/h2-3,6,19H,4-5H2,1H3,(H,16,22)(H3,15,17,21). The fraction of sp³-hybridized carbons (Fsp3) is 0.308. The van der Waals surface area contributed by atoms with E-state index in [0.717, 1.165) is 6.07 Å². The summed E-state index contributed by atoms with van der Waals surface area (Å²) >= 11 is 0. The largest absolute Gasteiger partial charge is 0.505 e. The molecule has 0 radical (unpaired) electrons. The van der Waals surface area contributed by atoms with Crippen LogP contribution in [0.1, 0.15) is 18.9 Å². The molecule has 1 aromatic carbocycles. The highest BCUT2D eigenvalue weighted by molar-refractivity contribution is 6.07. The second kappa shape index (κ2) is 5.51. The van der Waals surface area contributed by atoms with Gasteiger partial charge in [-0.1, -0.05) is 6.07 Å². The van der Waals surface area contributed by atoms with Crippen molar-refractivity contribution in [3.63, 3.8) is 0 Å². The Morgan fingerprint density at radius 2 is 2.18 bits per heavy atom. The van der Waals surface area contributed by atoms with Gasteiger partial charge in [0.25, 0.3) is 5.91 Å². The molecule has 5 N–H and O–H groups in total. The second-order valence-corrected chi connectivity index (χ2v) is 5.16. The number of amides is 5. The van der Waals surface area contributed by atoms with E-state index in [1.165, 1.54) is 19.1 Å². The van der Waals surface area contributed by atoms with Crippen LogP contribution in [-0.4, -0.2) is 33.6 Å². The number of benzene rings is 1. The molecule has 1 aliphatic heterocycles. The normalized spacial score (nSPS) is 20.9. The number of phenols is 1. The molecule has 0 aromatic heterocycles. The number of phenolic OH excluding ortho intramolecular Hbond substituents is 1. The van der Waals surface area contributed by atoms with Crippen LogP contribution >= 0.6 is 0 Å². The van der Waals surface area contributed by atoms with Crippen LogP contribution < -0.4 is 16.5 Å². The maximum atomic E-state index is 13.3. The highest BCUT2D eigenvalue weighted by Gasteiger charge is 2.48. The van der Waals surface area contributed by atoms with Gasteiger partial charge in [-0.3, -0.25) is 4.79 Å². The van der Waals surface area contributed by atoms with Crippen molar-refractivity contribution in [1.29, 1.82) is 0 Å². The number of hydrazine groups is 1. The third-order valence-electron chi connectivity index (χ3n) is 3.41. The van der Waals surface area contributed by atoms with Crippen LogP contribution in [-0.2, 0) is 11.2 Å². The van der Waals surface area contributed by atoms with Crippen molar-refractivity contribution in [2.75, 3.05) is 0 Å². The zero-order chi connectivity index (χ0) is 16.5. The molecule has 22 heavy (non-hydrogen) atoms. The zero-order valence-corrected chi connectivity index (χ0v) is 11.7. The Labute approximate surface area is 125 Å². The van der Waals surface area contributed by atoms with E-state index in [-0.39, 0.29) is 12.8 Å². The van der Waals surface area contributed by atoms with E-state index >= 15 is 0 Å². The number of halogens is 1. The fourth-order valence-electron chi connectivity index (χ4n) is 2.17. The first-order valence-electron chi connectivity index (χ1n) is 6.43. The lowest BCUT2D eigenvalue weighted by Crippen LogP contribution is -2.50. The van der Waals surface area contributed by atoms with E-state index in [0.29, 0.717) is 10.6 Å². The molecule has 1 fully saturated rings. The van der Waals surface area contributed by atoms with Crippen molar-refractivity contribution in [3.05, 3.63) is 29.6 Å². The first-order chi connectivity index (χ1) is 10.2. The van der Waals surface area contributed by atoms with Crippen LogP contribution in [0.3, 0.4) is 0 Å². The molecule has 2 rings (SSSR count). The number of carbonyl (C=O) groups excluding carboxylic acids is 3. The van der Waals surface area contributed by atoms with E-state index < -0.39 is 35.1 Å². The first kappa shape index (κ1) is 15.5. The molecule has 1 heterocycles. The Balaban J connectivity index is 2.08. The lowest BCUT2D eigenvalue weighted by molar-refractivity contribution is -0.132. The van der Waals surface area contributed by atoms with Crippen molar-refractivity contribution in [3.8, 4) is 5.75 Å². The third kappa shape index (κ3) is 2.92. The maximum absolute atomic E-state index is 13.3. The second-order valence-electron chi connectivity index (χ2n) is 5.16. The van der Waals surface area contributed by atoms with Gasteiger partial charge in [-0.2, -0.15) is 5.01 Å². The molecule has 1 atom stereocenters. The van der Waals surface area contributed by atoms with Gasteiger partial charge in [-0.25, -0.2) is 19.4 Å². The number of nitrogens with one attached hydrogen (secondary N) is 2. The molecule has 1 aliphatic rings.